The molecule has 0 saturated heterocycles. The molecule has 2 rings (SSSR count). The molecule has 4 nitrogen and oxygen atoms in total. The van der Waals surface area contributed by atoms with Gasteiger partial charge < -0.3 is 5.32 Å². The van der Waals surface area contributed by atoms with Crippen LogP contribution in [-0.4, -0.2) is 11.9 Å². The molecular weight excluding hydrogens is 250 g/mol. The van der Waals surface area contributed by atoms with Gasteiger partial charge in [-0.3, -0.25) is 15.5 Å². The Morgan fingerprint density at radius 2 is 1.55 bits per heavy atom. The first-order valence-corrected chi connectivity index (χ1v) is 6.48. The first kappa shape index (κ1) is 13.8. The highest BCUT2D eigenvalue weighted by atomic mass is 16.1. The molecule has 4 heteroatoms. The predicted molar refractivity (Wildman–Crippen MR) is 80.7 cm³/mol. The van der Waals surface area contributed by atoms with E-state index in [4.69, 9.17) is 5.41 Å². The summed E-state index contributed by atoms with van der Waals surface area (Å²) in [6.07, 6.45) is 1.04. The van der Waals surface area contributed by atoms with Crippen molar-refractivity contribution in [3.05, 3.63) is 66.2 Å². The summed E-state index contributed by atoms with van der Waals surface area (Å²) in [6.45, 7) is 0. The molecule has 0 unspecified atom stereocenters. The summed E-state index contributed by atoms with van der Waals surface area (Å²) < 4.78 is 0. The van der Waals surface area contributed by atoms with Gasteiger partial charge in [0.05, 0.1) is 0 Å². The molecule has 0 fully saturated rings. The van der Waals surface area contributed by atoms with E-state index >= 15 is 0 Å². The van der Waals surface area contributed by atoms with Gasteiger partial charge in [-0.1, -0.05) is 48.5 Å². The van der Waals surface area contributed by atoms with Gasteiger partial charge in [0.15, 0.2) is 5.96 Å². The minimum atomic E-state index is -0.165. The van der Waals surface area contributed by atoms with Gasteiger partial charge >= 0.3 is 0 Å². The number of hydrogen-bond donors (Lipinski definition) is 3. The van der Waals surface area contributed by atoms with E-state index in [1.165, 1.54) is 0 Å². The fraction of sp³-hybridized carbons (Fsp3) is 0.125. The highest BCUT2D eigenvalue weighted by Gasteiger charge is 2.05. The zero-order valence-electron chi connectivity index (χ0n) is 11.1. The topological polar surface area (TPSA) is 65.0 Å². The van der Waals surface area contributed by atoms with Crippen molar-refractivity contribution in [3.8, 4) is 0 Å². The molecule has 0 aliphatic heterocycles. The fourth-order valence-corrected chi connectivity index (χ4v) is 1.80. The lowest BCUT2D eigenvalue weighted by Crippen LogP contribution is -2.35. The van der Waals surface area contributed by atoms with Gasteiger partial charge in [-0.05, 0) is 24.1 Å². The number of aryl methyl sites for hydroxylation is 1. The second-order valence-electron chi connectivity index (χ2n) is 4.40. The van der Waals surface area contributed by atoms with Crippen molar-refractivity contribution in [1.29, 1.82) is 5.41 Å². The number of para-hydroxylation sites is 1. The minimum Gasteiger partial charge on any atom is -0.326 e. The zero-order valence-corrected chi connectivity index (χ0v) is 11.1. The molecule has 0 aliphatic carbocycles. The predicted octanol–water partition coefficient (Wildman–Crippen LogP) is 2.78. The summed E-state index contributed by atoms with van der Waals surface area (Å²) in [7, 11) is 0. The number of nitrogens with one attached hydrogen (secondary N) is 3. The van der Waals surface area contributed by atoms with Gasteiger partial charge in [-0.2, -0.15) is 0 Å². The molecule has 0 heterocycles. The summed E-state index contributed by atoms with van der Waals surface area (Å²) in [4.78, 5) is 11.7. The smallest absolute Gasteiger partial charge is 0.226 e. The molecule has 0 atom stereocenters. The van der Waals surface area contributed by atoms with Crippen LogP contribution in [0.5, 0.6) is 0 Å². The Hall–Kier alpha value is -2.62. The number of rotatable bonds is 4. The summed E-state index contributed by atoms with van der Waals surface area (Å²) >= 11 is 0. The molecule has 0 aromatic heterocycles. The van der Waals surface area contributed by atoms with Crippen molar-refractivity contribution in [2.45, 2.75) is 12.8 Å². The molecule has 0 spiro atoms. The SMILES string of the molecule is N=C(NC(=O)CCc1ccccc1)Nc1ccccc1. The first-order valence-electron chi connectivity index (χ1n) is 6.48. The highest BCUT2D eigenvalue weighted by Crippen LogP contribution is 2.04. The maximum atomic E-state index is 11.7. The van der Waals surface area contributed by atoms with Crippen LogP contribution in [-0.2, 0) is 11.2 Å². The van der Waals surface area contributed by atoms with Crippen LogP contribution in [0.2, 0.25) is 0 Å². The van der Waals surface area contributed by atoms with E-state index in [0.29, 0.717) is 12.8 Å². The Labute approximate surface area is 118 Å². The maximum absolute atomic E-state index is 11.7. The van der Waals surface area contributed by atoms with Crippen molar-refractivity contribution in [3.63, 3.8) is 0 Å². The summed E-state index contributed by atoms with van der Waals surface area (Å²) in [5.74, 6) is -0.170. The quantitative estimate of drug-likeness (QED) is 0.589. The molecule has 0 radical (unpaired) electrons. The molecule has 2 aromatic rings. The lowest BCUT2D eigenvalue weighted by molar-refractivity contribution is -0.119. The monoisotopic (exact) mass is 267 g/mol. The molecule has 1 amide bonds. The molecular formula is C16H17N3O. The molecule has 0 aliphatic rings. The van der Waals surface area contributed by atoms with Crippen molar-refractivity contribution in [2.75, 3.05) is 5.32 Å². The molecule has 102 valence electrons. The van der Waals surface area contributed by atoms with Crippen molar-refractivity contribution >= 4 is 17.6 Å². The van der Waals surface area contributed by atoms with Crippen LogP contribution < -0.4 is 10.6 Å². The van der Waals surface area contributed by atoms with Crippen LogP contribution in [0.3, 0.4) is 0 Å². The van der Waals surface area contributed by atoms with Gasteiger partial charge in [0, 0.05) is 12.1 Å². The summed E-state index contributed by atoms with van der Waals surface area (Å²) in [6, 6.07) is 19.1. The van der Waals surface area contributed by atoms with Gasteiger partial charge in [0.1, 0.15) is 0 Å². The van der Waals surface area contributed by atoms with Crippen LogP contribution >= 0.6 is 0 Å². The van der Waals surface area contributed by atoms with E-state index in [2.05, 4.69) is 10.6 Å². The molecule has 3 N–H and O–H groups in total. The van der Waals surface area contributed by atoms with E-state index in [-0.39, 0.29) is 11.9 Å². The molecule has 20 heavy (non-hydrogen) atoms. The first-order chi connectivity index (χ1) is 9.74. The number of hydrogen-bond acceptors (Lipinski definition) is 2. The number of amides is 1. The maximum Gasteiger partial charge on any atom is 0.226 e. The van der Waals surface area contributed by atoms with Gasteiger partial charge in [0.25, 0.3) is 0 Å². The second-order valence-corrected chi connectivity index (χ2v) is 4.40. The van der Waals surface area contributed by atoms with E-state index in [9.17, 15) is 4.79 Å². The summed E-state index contributed by atoms with van der Waals surface area (Å²) in [5.41, 5.74) is 1.89. The highest BCUT2D eigenvalue weighted by molar-refractivity contribution is 6.02. The third-order valence-corrected chi connectivity index (χ3v) is 2.79. The number of guanidine groups is 1. The Kier molecular flexibility index (Phi) is 4.89. The van der Waals surface area contributed by atoms with E-state index < -0.39 is 0 Å². The standard InChI is InChI=1S/C16H17N3O/c17-16(18-14-9-5-2-6-10-14)19-15(20)12-11-13-7-3-1-4-8-13/h1-10H,11-12H2,(H3,17,18,19,20). The van der Waals surface area contributed by atoms with Crippen molar-refractivity contribution in [2.24, 2.45) is 0 Å². The van der Waals surface area contributed by atoms with Crippen LogP contribution in [0.15, 0.2) is 60.7 Å². The Bertz CT molecular complexity index is 567. The number of carbonyl (C=O) groups is 1. The number of carbonyl (C=O) groups excluding carboxylic acids is 1. The zero-order chi connectivity index (χ0) is 14.2. The molecule has 0 bridgehead atoms. The Balaban J connectivity index is 1.75. The van der Waals surface area contributed by atoms with Gasteiger partial charge in [-0.15, -0.1) is 0 Å². The van der Waals surface area contributed by atoms with Gasteiger partial charge in [-0.25, -0.2) is 0 Å². The average molecular weight is 267 g/mol. The average Bonchev–Trinajstić information content (AvgIpc) is 2.47. The lowest BCUT2D eigenvalue weighted by atomic mass is 10.1. The third-order valence-electron chi connectivity index (χ3n) is 2.79. The van der Waals surface area contributed by atoms with Crippen LogP contribution in [0.25, 0.3) is 0 Å². The van der Waals surface area contributed by atoms with Crippen molar-refractivity contribution < 1.29 is 4.79 Å². The largest absolute Gasteiger partial charge is 0.326 e. The normalized spacial score (nSPS) is 9.80. The fourth-order valence-electron chi connectivity index (χ4n) is 1.80. The van der Waals surface area contributed by atoms with Crippen LogP contribution in [0.4, 0.5) is 5.69 Å². The minimum absolute atomic E-state index is 0.00531. The van der Waals surface area contributed by atoms with E-state index in [1.807, 2.05) is 60.7 Å². The van der Waals surface area contributed by atoms with Crippen LogP contribution in [0.1, 0.15) is 12.0 Å². The lowest BCUT2D eigenvalue weighted by Gasteiger charge is -2.09. The summed E-state index contributed by atoms with van der Waals surface area (Å²) in [5, 5.41) is 13.1. The molecule has 2 aromatic carbocycles. The Morgan fingerprint density at radius 1 is 0.950 bits per heavy atom. The number of anilines is 1. The number of benzene rings is 2. The van der Waals surface area contributed by atoms with E-state index in [0.717, 1.165) is 11.3 Å². The van der Waals surface area contributed by atoms with Crippen molar-refractivity contribution in [1.82, 2.24) is 5.32 Å². The molecule has 0 saturated carbocycles. The second kappa shape index (κ2) is 7.09. The van der Waals surface area contributed by atoms with Gasteiger partial charge in [0.2, 0.25) is 5.91 Å². The third kappa shape index (κ3) is 4.57. The van der Waals surface area contributed by atoms with E-state index in [1.54, 1.807) is 0 Å². The Morgan fingerprint density at radius 3 is 2.20 bits per heavy atom. The van der Waals surface area contributed by atoms with Crippen LogP contribution in [0, 0.1) is 5.41 Å².